The molecular weight excluding hydrogens is 395 g/mol. The third-order valence-electron chi connectivity index (χ3n) is 4.86. The van der Waals surface area contributed by atoms with Crippen LogP contribution < -0.4 is 5.32 Å². The van der Waals surface area contributed by atoms with E-state index in [1.165, 1.54) is 29.4 Å². The molecule has 0 spiro atoms. The third kappa shape index (κ3) is 6.44. The third-order valence-corrected chi connectivity index (χ3v) is 4.86. The maximum absolute atomic E-state index is 13.2. The molecule has 0 unspecified atom stereocenters. The van der Waals surface area contributed by atoms with Gasteiger partial charge in [0.1, 0.15) is 11.5 Å². The molecule has 1 heterocycles. The number of hydrogen-bond acceptors (Lipinski definition) is 4. The normalized spacial score (nSPS) is 11.6. The van der Waals surface area contributed by atoms with Gasteiger partial charge in [0.2, 0.25) is 5.91 Å². The van der Waals surface area contributed by atoms with E-state index in [-0.39, 0.29) is 48.9 Å². The summed E-state index contributed by atoms with van der Waals surface area (Å²) < 4.78 is 13.2. The molecule has 3 rings (SSSR count). The van der Waals surface area contributed by atoms with Gasteiger partial charge in [0.25, 0.3) is 5.91 Å². The molecule has 6 nitrogen and oxygen atoms in total. The van der Waals surface area contributed by atoms with Gasteiger partial charge in [0.15, 0.2) is 0 Å². The first-order valence-corrected chi connectivity index (χ1v) is 10.1. The van der Waals surface area contributed by atoms with Crippen LogP contribution in [0.5, 0.6) is 0 Å². The zero-order valence-corrected chi connectivity index (χ0v) is 17.6. The molecule has 0 fully saturated rings. The van der Waals surface area contributed by atoms with Gasteiger partial charge in [-0.2, -0.15) is 0 Å². The maximum Gasteiger partial charge on any atom is 0.274 e. The summed E-state index contributed by atoms with van der Waals surface area (Å²) in [6, 6.07) is 15.4. The van der Waals surface area contributed by atoms with Gasteiger partial charge in [0, 0.05) is 25.7 Å². The average molecular weight is 420 g/mol. The summed E-state index contributed by atoms with van der Waals surface area (Å²) in [5, 5.41) is 2.95. The standard InChI is InChI=1S/C24H25FN4O2/c1-17-14-27-22(15-26-17)24(31)29(16-19-8-10-21(25)11-9-19)13-12-23(30)28-18(2)20-6-4-3-5-7-20/h3-11,14-15,18H,12-13,16H2,1-2H3,(H,28,30)/t18-/m1/s1. The van der Waals surface area contributed by atoms with Crippen molar-refractivity contribution in [2.24, 2.45) is 0 Å². The summed E-state index contributed by atoms with van der Waals surface area (Å²) >= 11 is 0. The number of aromatic nitrogens is 2. The van der Waals surface area contributed by atoms with E-state index < -0.39 is 0 Å². The van der Waals surface area contributed by atoms with E-state index in [2.05, 4.69) is 15.3 Å². The van der Waals surface area contributed by atoms with Crippen LogP contribution in [0.1, 0.15) is 46.7 Å². The first-order valence-electron chi connectivity index (χ1n) is 10.1. The fourth-order valence-electron chi connectivity index (χ4n) is 3.10. The minimum atomic E-state index is -0.347. The van der Waals surface area contributed by atoms with Crippen LogP contribution >= 0.6 is 0 Å². The molecule has 0 saturated heterocycles. The molecule has 0 saturated carbocycles. The van der Waals surface area contributed by atoms with Crippen molar-refractivity contribution < 1.29 is 14.0 Å². The van der Waals surface area contributed by atoms with E-state index in [9.17, 15) is 14.0 Å². The Morgan fingerprint density at radius 3 is 2.39 bits per heavy atom. The predicted octanol–water partition coefficient (Wildman–Crippen LogP) is 3.83. The van der Waals surface area contributed by atoms with Crippen LogP contribution in [0.15, 0.2) is 67.0 Å². The Labute approximate surface area is 181 Å². The van der Waals surface area contributed by atoms with Crippen molar-refractivity contribution in [3.05, 3.63) is 95.3 Å². The number of aryl methyl sites for hydroxylation is 1. The van der Waals surface area contributed by atoms with Crippen molar-refractivity contribution in [2.45, 2.75) is 32.9 Å². The number of benzene rings is 2. The quantitative estimate of drug-likeness (QED) is 0.601. The Kier molecular flexibility index (Phi) is 7.43. The van der Waals surface area contributed by atoms with E-state index in [1.807, 2.05) is 37.3 Å². The molecule has 2 amide bonds. The van der Waals surface area contributed by atoms with Gasteiger partial charge in [-0.1, -0.05) is 42.5 Å². The second kappa shape index (κ2) is 10.4. The van der Waals surface area contributed by atoms with E-state index in [0.717, 1.165) is 11.1 Å². The number of nitrogens with zero attached hydrogens (tertiary/aromatic N) is 3. The lowest BCUT2D eigenvalue weighted by Crippen LogP contribution is -2.36. The number of nitrogens with one attached hydrogen (secondary N) is 1. The highest BCUT2D eigenvalue weighted by molar-refractivity contribution is 5.92. The average Bonchev–Trinajstić information content (AvgIpc) is 2.78. The summed E-state index contributed by atoms with van der Waals surface area (Å²) in [4.78, 5) is 35.3. The lowest BCUT2D eigenvalue weighted by atomic mass is 10.1. The first-order chi connectivity index (χ1) is 14.9. The van der Waals surface area contributed by atoms with Gasteiger partial charge in [0.05, 0.1) is 17.9 Å². The van der Waals surface area contributed by atoms with Crippen molar-refractivity contribution in [3.63, 3.8) is 0 Å². The lowest BCUT2D eigenvalue weighted by Gasteiger charge is -2.23. The van der Waals surface area contributed by atoms with Crippen molar-refractivity contribution in [1.82, 2.24) is 20.2 Å². The molecule has 0 aliphatic heterocycles. The highest BCUT2D eigenvalue weighted by atomic mass is 19.1. The summed E-state index contributed by atoms with van der Waals surface area (Å²) in [6.45, 7) is 4.13. The van der Waals surface area contributed by atoms with E-state index in [4.69, 9.17) is 0 Å². The SMILES string of the molecule is Cc1cnc(C(=O)N(CCC(=O)N[C@H](C)c2ccccc2)Cc2ccc(F)cc2)cn1. The van der Waals surface area contributed by atoms with Crippen molar-refractivity contribution >= 4 is 11.8 Å². The van der Waals surface area contributed by atoms with Crippen LogP contribution in [0.25, 0.3) is 0 Å². The van der Waals surface area contributed by atoms with Crippen LogP contribution in [0.3, 0.4) is 0 Å². The second-order valence-electron chi connectivity index (χ2n) is 7.35. The minimum absolute atomic E-state index is 0.128. The highest BCUT2D eigenvalue weighted by Crippen LogP contribution is 2.13. The Morgan fingerprint density at radius 1 is 1.03 bits per heavy atom. The first kappa shape index (κ1) is 22.1. The molecule has 0 radical (unpaired) electrons. The maximum atomic E-state index is 13.2. The molecule has 0 aliphatic rings. The number of carbonyl (C=O) groups is 2. The van der Waals surface area contributed by atoms with Gasteiger partial charge in [-0.3, -0.25) is 14.6 Å². The molecule has 0 aliphatic carbocycles. The molecule has 160 valence electrons. The smallest absolute Gasteiger partial charge is 0.274 e. The molecule has 3 aromatic rings. The van der Waals surface area contributed by atoms with Crippen LogP contribution in [0, 0.1) is 12.7 Å². The van der Waals surface area contributed by atoms with Crippen LogP contribution in [0.4, 0.5) is 4.39 Å². The number of carbonyl (C=O) groups excluding carboxylic acids is 2. The van der Waals surface area contributed by atoms with Crippen molar-refractivity contribution in [3.8, 4) is 0 Å². The van der Waals surface area contributed by atoms with Gasteiger partial charge in [-0.15, -0.1) is 0 Å². The molecular formula is C24H25FN4O2. The lowest BCUT2D eigenvalue weighted by molar-refractivity contribution is -0.121. The van der Waals surface area contributed by atoms with E-state index >= 15 is 0 Å². The van der Waals surface area contributed by atoms with Crippen molar-refractivity contribution in [1.29, 1.82) is 0 Å². The molecule has 1 N–H and O–H groups in total. The molecule has 7 heteroatoms. The van der Waals surface area contributed by atoms with Crippen LogP contribution in [0.2, 0.25) is 0 Å². The zero-order chi connectivity index (χ0) is 22.2. The summed E-state index contributed by atoms with van der Waals surface area (Å²) in [5.41, 5.74) is 2.67. The number of amides is 2. The summed E-state index contributed by atoms with van der Waals surface area (Å²) in [7, 11) is 0. The number of hydrogen-bond donors (Lipinski definition) is 1. The molecule has 1 atom stereocenters. The molecule has 0 bridgehead atoms. The van der Waals surface area contributed by atoms with Gasteiger partial charge in [-0.05, 0) is 37.1 Å². The van der Waals surface area contributed by atoms with E-state index in [0.29, 0.717) is 5.69 Å². The predicted molar refractivity (Wildman–Crippen MR) is 116 cm³/mol. The number of rotatable bonds is 8. The Bertz CT molecular complexity index is 1010. The van der Waals surface area contributed by atoms with Gasteiger partial charge < -0.3 is 10.2 Å². The monoisotopic (exact) mass is 420 g/mol. The van der Waals surface area contributed by atoms with Crippen LogP contribution in [-0.2, 0) is 11.3 Å². The molecule has 31 heavy (non-hydrogen) atoms. The summed E-state index contributed by atoms with van der Waals surface area (Å²) in [6.07, 6.45) is 3.08. The second-order valence-corrected chi connectivity index (χ2v) is 7.35. The molecule has 1 aromatic heterocycles. The Morgan fingerprint density at radius 2 is 1.74 bits per heavy atom. The van der Waals surface area contributed by atoms with Crippen molar-refractivity contribution in [2.75, 3.05) is 6.54 Å². The fraction of sp³-hybridized carbons (Fsp3) is 0.250. The Balaban J connectivity index is 1.68. The zero-order valence-electron chi connectivity index (χ0n) is 17.6. The highest BCUT2D eigenvalue weighted by Gasteiger charge is 2.20. The summed E-state index contributed by atoms with van der Waals surface area (Å²) in [5.74, 6) is -0.843. The molecule has 2 aromatic carbocycles. The fourth-order valence-corrected chi connectivity index (χ4v) is 3.10. The van der Waals surface area contributed by atoms with E-state index in [1.54, 1.807) is 19.1 Å². The minimum Gasteiger partial charge on any atom is -0.350 e. The van der Waals surface area contributed by atoms with Gasteiger partial charge >= 0.3 is 0 Å². The Hall–Kier alpha value is -3.61. The van der Waals surface area contributed by atoms with Crippen LogP contribution in [-0.4, -0.2) is 33.2 Å². The number of halogens is 1. The topological polar surface area (TPSA) is 75.2 Å². The largest absolute Gasteiger partial charge is 0.350 e. The van der Waals surface area contributed by atoms with Gasteiger partial charge in [-0.25, -0.2) is 9.37 Å².